The molecule has 35 heavy (non-hydrogen) atoms. The highest BCUT2D eigenvalue weighted by molar-refractivity contribution is 5.87. The SMILES string of the molecule is CC.COc1cc(OC)cc(N(Cc2ncc[nH]2)c2ccc3ncc(-c4ccccc4)cc3c2)c1. The Bertz CT molecular complexity index is 1350. The first-order valence-corrected chi connectivity index (χ1v) is 11.7. The second-order valence-corrected chi connectivity index (χ2v) is 7.66. The van der Waals surface area contributed by atoms with E-state index in [1.54, 1.807) is 20.4 Å². The number of aromatic nitrogens is 3. The normalized spacial score (nSPS) is 10.4. The molecule has 0 saturated carbocycles. The molecular formula is C29H30N4O2. The fraction of sp³-hybridized carbons (Fsp3) is 0.172. The van der Waals surface area contributed by atoms with Crippen LogP contribution >= 0.6 is 0 Å². The number of nitrogens with zero attached hydrogens (tertiary/aromatic N) is 3. The van der Waals surface area contributed by atoms with E-state index in [-0.39, 0.29) is 0 Å². The number of methoxy groups -OCH3 is 2. The number of H-pyrrole nitrogens is 1. The van der Waals surface area contributed by atoms with Gasteiger partial charge in [-0.15, -0.1) is 0 Å². The van der Waals surface area contributed by atoms with Crippen molar-refractivity contribution < 1.29 is 9.47 Å². The summed E-state index contributed by atoms with van der Waals surface area (Å²) in [5, 5.41) is 1.06. The van der Waals surface area contributed by atoms with Crippen LogP contribution in [0.2, 0.25) is 0 Å². The van der Waals surface area contributed by atoms with Gasteiger partial charge in [0.2, 0.25) is 0 Å². The van der Waals surface area contributed by atoms with E-state index >= 15 is 0 Å². The summed E-state index contributed by atoms with van der Waals surface area (Å²) < 4.78 is 11.0. The maximum atomic E-state index is 5.51. The van der Waals surface area contributed by atoms with Crippen molar-refractivity contribution in [3.63, 3.8) is 0 Å². The van der Waals surface area contributed by atoms with Crippen molar-refractivity contribution in [2.45, 2.75) is 20.4 Å². The summed E-state index contributed by atoms with van der Waals surface area (Å²) in [5.74, 6) is 2.30. The number of imidazole rings is 1. The molecule has 2 heterocycles. The number of hydrogen-bond donors (Lipinski definition) is 1. The minimum atomic E-state index is 0.556. The standard InChI is InChI=1S/C27H24N4O2.C2H6/c1-32-24-14-23(15-25(16-24)33-2)31(18-27-28-10-11-29-27)22-8-9-26-20(13-22)12-21(17-30-26)19-6-4-3-5-7-19;1-2/h3-17H,18H2,1-2H3,(H,28,29);1-2H3. The summed E-state index contributed by atoms with van der Waals surface area (Å²) in [6.45, 7) is 4.56. The van der Waals surface area contributed by atoms with Gasteiger partial charge in [-0.2, -0.15) is 0 Å². The highest BCUT2D eigenvalue weighted by atomic mass is 16.5. The molecule has 2 aromatic heterocycles. The number of ether oxygens (including phenoxy) is 2. The van der Waals surface area contributed by atoms with E-state index in [0.29, 0.717) is 6.54 Å². The first-order valence-electron chi connectivity index (χ1n) is 11.7. The van der Waals surface area contributed by atoms with Gasteiger partial charge in [-0.1, -0.05) is 44.2 Å². The van der Waals surface area contributed by atoms with Crippen LogP contribution in [0.4, 0.5) is 11.4 Å². The van der Waals surface area contributed by atoms with Gasteiger partial charge in [0.05, 0.1) is 26.3 Å². The molecule has 0 radical (unpaired) electrons. The highest BCUT2D eigenvalue weighted by Crippen LogP contribution is 2.35. The third-order valence-corrected chi connectivity index (χ3v) is 5.59. The number of pyridine rings is 1. The molecule has 0 fully saturated rings. The molecule has 0 unspecified atom stereocenters. The van der Waals surface area contributed by atoms with E-state index in [2.05, 4.69) is 50.2 Å². The number of benzene rings is 3. The molecule has 0 amide bonds. The minimum absolute atomic E-state index is 0.556. The van der Waals surface area contributed by atoms with Crippen LogP contribution in [0.3, 0.4) is 0 Å². The lowest BCUT2D eigenvalue weighted by molar-refractivity contribution is 0.394. The minimum Gasteiger partial charge on any atom is -0.497 e. The average molecular weight is 467 g/mol. The zero-order valence-corrected chi connectivity index (χ0v) is 20.5. The van der Waals surface area contributed by atoms with E-state index in [1.807, 2.05) is 68.7 Å². The van der Waals surface area contributed by atoms with Gasteiger partial charge in [0.1, 0.15) is 17.3 Å². The van der Waals surface area contributed by atoms with Crippen LogP contribution in [0.1, 0.15) is 19.7 Å². The second kappa shape index (κ2) is 11.2. The molecule has 0 bridgehead atoms. The van der Waals surface area contributed by atoms with Gasteiger partial charge in [-0.25, -0.2) is 4.98 Å². The van der Waals surface area contributed by atoms with Gasteiger partial charge in [0.25, 0.3) is 0 Å². The molecule has 0 aliphatic rings. The van der Waals surface area contributed by atoms with Gasteiger partial charge in [0, 0.05) is 59.1 Å². The lowest BCUT2D eigenvalue weighted by Gasteiger charge is -2.25. The Morgan fingerprint density at radius 1 is 0.771 bits per heavy atom. The molecule has 6 heteroatoms. The number of hydrogen-bond acceptors (Lipinski definition) is 5. The molecule has 3 aromatic carbocycles. The van der Waals surface area contributed by atoms with Crippen molar-refractivity contribution in [2.75, 3.05) is 19.1 Å². The Labute approximate surface area is 206 Å². The lowest BCUT2D eigenvalue weighted by atomic mass is 10.0. The van der Waals surface area contributed by atoms with Crippen LogP contribution in [0.25, 0.3) is 22.0 Å². The van der Waals surface area contributed by atoms with E-state index in [9.17, 15) is 0 Å². The number of anilines is 2. The Morgan fingerprint density at radius 3 is 2.17 bits per heavy atom. The Kier molecular flexibility index (Phi) is 7.63. The summed E-state index contributed by atoms with van der Waals surface area (Å²) in [4.78, 5) is 14.5. The molecule has 5 rings (SSSR count). The molecule has 1 N–H and O–H groups in total. The zero-order valence-electron chi connectivity index (χ0n) is 20.5. The van der Waals surface area contributed by atoms with Crippen molar-refractivity contribution >= 4 is 22.3 Å². The smallest absolute Gasteiger partial charge is 0.126 e. The van der Waals surface area contributed by atoms with Crippen molar-refractivity contribution in [3.8, 4) is 22.6 Å². The van der Waals surface area contributed by atoms with E-state index in [1.165, 1.54) is 0 Å². The fourth-order valence-electron chi connectivity index (χ4n) is 3.89. The van der Waals surface area contributed by atoms with Gasteiger partial charge >= 0.3 is 0 Å². The van der Waals surface area contributed by atoms with E-state index < -0.39 is 0 Å². The van der Waals surface area contributed by atoms with E-state index in [0.717, 1.165) is 50.7 Å². The predicted molar refractivity (Wildman–Crippen MR) is 143 cm³/mol. The maximum absolute atomic E-state index is 5.51. The largest absolute Gasteiger partial charge is 0.497 e. The van der Waals surface area contributed by atoms with Gasteiger partial charge < -0.3 is 19.4 Å². The number of aromatic amines is 1. The molecule has 0 atom stereocenters. The van der Waals surface area contributed by atoms with Crippen LogP contribution in [-0.2, 0) is 6.54 Å². The van der Waals surface area contributed by atoms with Crippen LogP contribution in [0, 0.1) is 0 Å². The molecular weight excluding hydrogens is 436 g/mol. The van der Waals surface area contributed by atoms with Crippen molar-refractivity contribution in [2.24, 2.45) is 0 Å². The quantitative estimate of drug-likeness (QED) is 0.280. The summed E-state index contributed by atoms with van der Waals surface area (Å²) in [7, 11) is 3.31. The lowest BCUT2D eigenvalue weighted by Crippen LogP contribution is -2.17. The number of rotatable bonds is 7. The first kappa shape index (κ1) is 23.8. The Hall–Kier alpha value is -4.32. The first-order chi connectivity index (χ1) is 17.2. The highest BCUT2D eigenvalue weighted by Gasteiger charge is 2.15. The Balaban J connectivity index is 0.00000141. The summed E-state index contributed by atoms with van der Waals surface area (Å²) >= 11 is 0. The molecule has 0 aliphatic heterocycles. The summed E-state index contributed by atoms with van der Waals surface area (Å²) in [6.07, 6.45) is 5.51. The zero-order chi connectivity index (χ0) is 24.6. The van der Waals surface area contributed by atoms with Crippen molar-refractivity contribution in [3.05, 3.63) is 97.2 Å². The van der Waals surface area contributed by atoms with Crippen LogP contribution < -0.4 is 14.4 Å². The fourth-order valence-corrected chi connectivity index (χ4v) is 3.89. The van der Waals surface area contributed by atoms with Gasteiger partial charge in [-0.05, 0) is 29.8 Å². The third kappa shape index (κ3) is 5.44. The van der Waals surface area contributed by atoms with Crippen LogP contribution in [0.5, 0.6) is 11.5 Å². The van der Waals surface area contributed by atoms with Gasteiger partial charge in [-0.3, -0.25) is 4.98 Å². The molecule has 5 aromatic rings. The predicted octanol–water partition coefficient (Wildman–Crippen LogP) is 7.01. The average Bonchev–Trinajstić information content (AvgIpc) is 3.46. The topological polar surface area (TPSA) is 63.3 Å². The second-order valence-electron chi connectivity index (χ2n) is 7.66. The summed E-state index contributed by atoms with van der Waals surface area (Å²) in [6, 6.07) is 24.6. The van der Waals surface area contributed by atoms with E-state index in [4.69, 9.17) is 9.47 Å². The number of fused-ring (bicyclic) bond motifs is 1. The third-order valence-electron chi connectivity index (χ3n) is 5.59. The van der Waals surface area contributed by atoms with Crippen LogP contribution in [0.15, 0.2) is 91.4 Å². The molecule has 0 spiro atoms. The maximum Gasteiger partial charge on any atom is 0.126 e. The molecule has 0 aliphatic carbocycles. The molecule has 0 saturated heterocycles. The number of nitrogens with one attached hydrogen (secondary N) is 1. The molecule has 178 valence electrons. The van der Waals surface area contributed by atoms with Crippen LogP contribution in [-0.4, -0.2) is 29.2 Å². The van der Waals surface area contributed by atoms with Crippen molar-refractivity contribution in [1.82, 2.24) is 15.0 Å². The van der Waals surface area contributed by atoms with Gasteiger partial charge in [0.15, 0.2) is 0 Å². The van der Waals surface area contributed by atoms with Crippen molar-refractivity contribution in [1.29, 1.82) is 0 Å². The summed E-state index contributed by atoms with van der Waals surface area (Å²) in [5.41, 5.74) is 5.12. The Morgan fingerprint density at radius 2 is 1.51 bits per heavy atom. The molecule has 6 nitrogen and oxygen atoms in total. The monoisotopic (exact) mass is 466 g/mol.